The second-order valence-electron chi connectivity index (χ2n) is 7.37. The second-order valence-corrected chi connectivity index (χ2v) is 9.32. The third kappa shape index (κ3) is 5.37. The van der Waals surface area contributed by atoms with Crippen LogP contribution in [0.25, 0.3) is 6.08 Å². The van der Waals surface area contributed by atoms with Gasteiger partial charge < -0.3 is 10.1 Å². The number of carbonyl (C=O) groups excluding carboxylic acids is 2. The standard InChI is InChI=1S/C25H19BrFN3O3S/c1-15-4-2-3-5-20(15)30-24(32)22(34-25(30)28)13-16-12-17(26)6-11-21(16)33-14-23(31)29-19-9-7-18(27)8-10-19/h2-13,28H,14H2,1H3,(H,29,31)/b22-13-,28-25?. The van der Waals surface area contributed by atoms with Gasteiger partial charge in [0.15, 0.2) is 11.8 Å². The van der Waals surface area contributed by atoms with Gasteiger partial charge in [0.1, 0.15) is 11.6 Å². The number of aryl methyl sites for hydroxylation is 1. The largest absolute Gasteiger partial charge is 0.483 e. The Bertz CT molecular complexity index is 1310. The number of nitrogens with one attached hydrogen (secondary N) is 2. The number of amidine groups is 1. The summed E-state index contributed by atoms with van der Waals surface area (Å²) in [6.45, 7) is 1.61. The minimum Gasteiger partial charge on any atom is -0.483 e. The molecule has 9 heteroatoms. The van der Waals surface area contributed by atoms with E-state index in [2.05, 4.69) is 21.2 Å². The van der Waals surface area contributed by atoms with Crippen molar-refractivity contribution in [1.29, 1.82) is 5.41 Å². The van der Waals surface area contributed by atoms with E-state index in [1.165, 1.54) is 29.2 Å². The fourth-order valence-corrected chi connectivity index (χ4v) is 4.52. The molecule has 0 bridgehead atoms. The zero-order valence-electron chi connectivity index (χ0n) is 18.0. The van der Waals surface area contributed by atoms with Gasteiger partial charge in [-0.25, -0.2) is 4.39 Å². The number of thioether (sulfide) groups is 1. The van der Waals surface area contributed by atoms with Gasteiger partial charge >= 0.3 is 0 Å². The smallest absolute Gasteiger partial charge is 0.271 e. The molecule has 1 fully saturated rings. The molecule has 3 aromatic rings. The molecule has 0 saturated carbocycles. The monoisotopic (exact) mass is 539 g/mol. The first-order chi connectivity index (χ1) is 16.3. The molecule has 0 radical (unpaired) electrons. The third-order valence-electron chi connectivity index (χ3n) is 4.93. The van der Waals surface area contributed by atoms with Crippen LogP contribution in [-0.4, -0.2) is 23.6 Å². The van der Waals surface area contributed by atoms with E-state index in [4.69, 9.17) is 10.1 Å². The normalized spacial score (nSPS) is 14.6. The van der Waals surface area contributed by atoms with E-state index in [0.717, 1.165) is 21.8 Å². The van der Waals surface area contributed by atoms with Crippen molar-refractivity contribution >= 4 is 62.1 Å². The molecule has 172 valence electrons. The molecular formula is C25H19BrFN3O3S. The van der Waals surface area contributed by atoms with Gasteiger partial charge in [0.2, 0.25) is 0 Å². The quantitative estimate of drug-likeness (QED) is 0.378. The summed E-state index contributed by atoms with van der Waals surface area (Å²) in [5.41, 5.74) is 2.59. The fourth-order valence-electron chi connectivity index (χ4n) is 3.30. The lowest BCUT2D eigenvalue weighted by Gasteiger charge is -2.16. The average Bonchev–Trinajstić information content (AvgIpc) is 3.08. The zero-order chi connectivity index (χ0) is 24.2. The molecule has 0 atom stereocenters. The van der Waals surface area contributed by atoms with E-state index in [9.17, 15) is 14.0 Å². The Kier molecular flexibility index (Phi) is 7.14. The summed E-state index contributed by atoms with van der Waals surface area (Å²) in [6.07, 6.45) is 1.65. The van der Waals surface area contributed by atoms with Gasteiger partial charge in [-0.2, -0.15) is 0 Å². The second kappa shape index (κ2) is 10.2. The number of amides is 2. The fraction of sp³-hybridized carbons (Fsp3) is 0.0800. The van der Waals surface area contributed by atoms with E-state index in [1.807, 2.05) is 25.1 Å². The summed E-state index contributed by atoms with van der Waals surface area (Å²) in [5, 5.41) is 11.1. The van der Waals surface area contributed by atoms with Crippen molar-refractivity contribution in [2.75, 3.05) is 16.8 Å². The highest BCUT2D eigenvalue weighted by Gasteiger charge is 2.34. The molecule has 3 aromatic carbocycles. The Morgan fingerprint density at radius 1 is 1.18 bits per heavy atom. The number of carbonyl (C=O) groups is 2. The van der Waals surface area contributed by atoms with Crippen LogP contribution in [0.4, 0.5) is 15.8 Å². The Hall–Kier alpha value is -3.43. The van der Waals surface area contributed by atoms with Crippen LogP contribution in [0, 0.1) is 18.2 Å². The summed E-state index contributed by atoms with van der Waals surface area (Å²) in [6, 6.07) is 18.0. The molecule has 0 unspecified atom stereocenters. The molecule has 4 rings (SSSR count). The van der Waals surface area contributed by atoms with Crippen LogP contribution in [0.2, 0.25) is 0 Å². The molecule has 1 saturated heterocycles. The first-order valence-electron chi connectivity index (χ1n) is 10.2. The molecule has 1 aliphatic heterocycles. The molecule has 0 spiro atoms. The van der Waals surface area contributed by atoms with E-state index in [1.54, 1.807) is 30.3 Å². The van der Waals surface area contributed by atoms with Gasteiger partial charge in [-0.05, 0) is 78.9 Å². The van der Waals surface area contributed by atoms with Crippen molar-refractivity contribution in [2.24, 2.45) is 0 Å². The summed E-state index contributed by atoms with van der Waals surface area (Å²) >= 11 is 4.48. The first-order valence-corrected chi connectivity index (χ1v) is 11.8. The van der Waals surface area contributed by atoms with Crippen molar-refractivity contribution in [3.05, 3.63) is 93.1 Å². The predicted molar refractivity (Wildman–Crippen MR) is 137 cm³/mol. The van der Waals surface area contributed by atoms with Gasteiger partial charge in [0.05, 0.1) is 10.6 Å². The van der Waals surface area contributed by atoms with Gasteiger partial charge in [-0.1, -0.05) is 34.1 Å². The summed E-state index contributed by atoms with van der Waals surface area (Å²) in [5.74, 6) is -0.703. The first kappa shape index (κ1) is 23.7. The third-order valence-corrected chi connectivity index (χ3v) is 6.31. The maximum atomic E-state index is 13.1. The van der Waals surface area contributed by atoms with Gasteiger partial charge in [-0.3, -0.25) is 19.9 Å². The summed E-state index contributed by atoms with van der Waals surface area (Å²) in [4.78, 5) is 27.1. The van der Waals surface area contributed by atoms with E-state index in [-0.39, 0.29) is 17.7 Å². The van der Waals surface area contributed by atoms with Crippen LogP contribution in [0.15, 0.2) is 76.1 Å². The molecule has 0 aliphatic carbocycles. The number of halogens is 2. The highest BCUT2D eigenvalue weighted by atomic mass is 79.9. The Morgan fingerprint density at radius 3 is 2.65 bits per heavy atom. The zero-order valence-corrected chi connectivity index (χ0v) is 20.4. The molecular weight excluding hydrogens is 521 g/mol. The lowest BCUT2D eigenvalue weighted by molar-refractivity contribution is -0.118. The van der Waals surface area contributed by atoms with Crippen molar-refractivity contribution in [3.8, 4) is 5.75 Å². The van der Waals surface area contributed by atoms with Crippen LogP contribution in [0.5, 0.6) is 5.75 Å². The molecule has 2 amide bonds. The van der Waals surface area contributed by atoms with Crippen molar-refractivity contribution in [2.45, 2.75) is 6.92 Å². The predicted octanol–water partition coefficient (Wildman–Crippen LogP) is 5.97. The number of nitrogens with zero attached hydrogens (tertiary/aromatic N) is 1. The van der Waals surface area contributed by atoms with E-state index in [0.29, 0.717) is 27.6 Å². The van der Waals surface area contributed by atoms with Crippen LogP contribution >= 0.6 is 27.7 Å². The lowest BCUT2D eigenvalue weighted by Crippen LogP contribution is -2.28. The number of benzene rings is 3. The SMILES string of the molecule is Cc1ccccc1N1C(=N)S/C(=C\c2cc(Br)ccc2OCC(=O)Nc2ccc(F)cc2)C1=O. The highest BCUT2D eigenvalue weighted by molar-refractivity contribution is 9.10. The minimum absolute atomic E-state index is 0.113. The Morgan fingerprint density at radius 2 is 1.91 bits per heavy atom. The molecule has 0 aromatic heterocycles. The Balaban J connectivity index is 1.52. The summed E-state index contributed by atoms with van der Waals surface area (Å²) < 4.78 is 19.5. The Labute approximate surface area is 208 Å². The lowest BCUT2D eigenvalue weighted by atomic mass is 10.1. The van der Waals surface area contributed by atoms with E-state index >= 15 is 0 Å². The van der Waals surface area contributed by atoms with Crippen LogP contribution in [0.3, 0.4) is 0 Å². The van der Waals surface area contributed by atoms with Gasteiger partial charge in [0, 0.05) is 15.7 Å². The maximum absolute atomic E-state index is 13.1. The number of anilines is 2. The van der Waals surface area contributed by atoms with Crippen molar-refractivity contribution in [1.82, 2.24) is 0 Å². The molecule has 1 heterocycles. The van der Waals surface area contributed by atoms with E-state index < -0.39 is 11.7 Å². The number of para-hydroxylation sites is 1. The molecule has 2 N–H and O–H groups in total. The van der Waals surface area contributed by atoms with Gasteiger partial charge in [0.25, 0.3) is 11.8 Å². The number of hydrogen-bond donors (Lipinski definition) is 2. The number of hydrogen-bond acceptors (Lipinski definition) is 5. The highest BCUT2D eigenvalue weighted by Crippen LogP contribution is 2.38. The molecule has 1 aliphatic rings. The molecule has 6 nitrogen and oxygen atoms in total. The number of rotatable bonds is 6. The topological polar surface area (TPSA) is 82.5 Å². The average molecular weight is 540 g/mol. The van der Waals surface area contributed by atoms with Crippen LogP contribution in [0.1, 0.15) is 11.1 Å². The molecule has 34 heavy (non-hydrogen) atoms. The summed E-state index contributed by atoms with van der Waals surface area (Å²) in [7, 11) is 0. The van der Waals surface area contributed by atoms with Gasteiger partial charge in [-0.15, -0.1) is 0 Å². The van der Waals surface area contributed by atoms with Crippen LogP contribution < -0.4 is 15.0 Å². The van der Waals surface area contributed by atoms with Crippen molar-refractivity contribution < 1.29 is 18.7 Å². The number of ether oxygens (including phenoxy) is 1. The minimum atomic E-state index is -0.410. The maximum Gasteiger partial charge on any atom is 0.271 e. The van der Waals surface area contributed by atoms with Crippen molar-refractivity contribution in [3.63, 3.8) is 0 Å². The van der Waals surface area contributed by atoms with Crippen LogP contribution in [-0.2, 0) is 9.59 Å².